The maximum Gasteiger partial charge on any atom is 0.310 e. The van der Waals surface area contributed by atoms with Crippen LogP contribution in [-0.4, -0.2) is 23.1 Å². The molecule has 0 aliphatic carbocycles. The minimum Gasteiger partial charge on any atom is -0.481 e. The number of para-hydroxylation sites is 1. The molecule has 2 unspecified atom stereocenters. The molecule has 2 N–H and O–H groups in total. The Morgan fingerprint density at radius 3 is 2.32 bits per heavy atom. The lowest BCUT2D eigenvalue weighted by atomic mass is 10.0. The summed E-state index contributed by atoms with van der Waals surface area (Å²) < 4.78 is 5.83. The highest BCUT2D eigenvalue weighted by Crippen LogP contribution is 2.21. The van der Waals surface area contributed by atoms with Crippen LogP contribution in [0.3, 0.4) is 0 Å². The molecule has 5 nitrogen and oxygen atoms in total. The first-order valence-electron chi connectivity index (χ1n) is 8.28. The van der Waals surface area contributed by atoms with E-state index in [0.29, 0.717) is 23.4 Å². The molecule has 0 heterocycles. The zero-order chi connectivity index (χ0) is 18.4. The summed E-state index contributed by atoms with van der Waals surface area (Å²) in [4.78, 5) is 23.5. The van der Waals surface area contributed by atoms with Gasteiger partial charge in [-0.15, -0.1) is 0 Å². The predicted octanol–water partition coefficient (Wildman–Crippen LogP) is 3.98. The molecule has 0 saturated heterocycles. The first-order chi connectivity index (χ1) is 11.9. The van der Waals surface area contributed by atoms with Crippen LogP contribution in [0.25, 0.3) is 0 Å². The van der Waals surface area contributed by atoms with Gasteiger partial charge < -0.3 is 15.2 Å². The molecule has 1 amide bonds. The van der Waals surface area contributed by atoms with Crippen LogP contribution in [-0.2, 0) is 9.59 Å². The van der Waals surface area contributed by atoms with Crippen LogP contribution in [0.15, 0.2) is 48.5 Å². The lowest BCUT2D eigenvalue weighted by Gasteiger charge is -2.18. The Bertz CT molecular complexity index is 740. The average Bonchev–Trinajstić information content (AvgIpc) is 2.60. The van der Waals surface area contributed by atoms with Gasteiger partial charge in [0, 0.05) is 5.69 Å². The Morgan fingerprint density at radius 1 is 1.12 bits per heavy atom. The van der Waals surface area contributed by atoms with Crippen molar-refractivity contribution >= 4 is 17.6 Å². The maximum atomic E-state index is 12.5. The highest BCUT2D eigenvalue weighted by molar-refractivity contribution is 5.94. The molecule has 25 heavy (non-hydrogen) atoms. The van der Waals surface area contributed by atoms with E-state index in [2.05, 4.69) is 5.32 Å². The summed E-state index contributed by atoms with van der Waals surface area (Å²) in [5.74, 6) is -1.01. The molecule has 0 saturated carbocycles. The van der Waals surface area contributed by atoms with E-state index in [0.717, 1.165) is 5.56 Å². The molecule has 0 spiro atoms. The van der Waals surface area contributed by atoms with Crippen molar-refractivity contribution in [1.29, 1.82) is 0 Å². The van der Waals surface area contributed by atoms with Gasteiger partial charge in [-0.2, -0.15) is 0 Å². The molecule has 2 atom stereocenters. The summed E-state index contributed by atoms with van der Waals surface area (Å²) in [7, 11) is 0. The van der Waals surface area contributed by atoms with E-state index in [1.807, 2.05) is 38.1 Å². The molecule has 2 aromatic carbocycles. The summed E-state index contributed by atoms with van der Waals surface area (Å²) in [6.07, 6.45) is -0.0624. The SMILES string of the molecule is CCC(Oc1ccccc1C)C(=O)Nc1ccc(C(C)C(=O)O)cc1. The fourth-order valence-corrected chi connectivity index (χ4v) is 2.38. The molecule has 132 valence electrons. The first-order valence-corrected chi connectivity index (χ1v) is 8.28. The number of aliphatic carboxylic acids is 1. The summed E-state index contributed by atoms with van der Waals surface area (Å²) in [5, 5.41) is 11.8. The number of hydrogen-bond donors (Lipinski definition) is 2. The minimum atomic E-state index is -0.880. The minimum absolute atomic E-state index is 0.232. The van der Waals surface area contributed by atoms with E-state index < -0.39 is 18.0 Å². The summed E-state index contributed by atoms with van der Waals surface area (Å²) in [6.45, 7) is 5.45. The molecule has 0 aliphatic heterocycles. The van der Waals surface area contributed by atoms with Crippen molar-refractivity contribution in [2.45, 2.75) is 39.2 Å². The van der Waals surface area contributed by atoms with Crippen LogP contribution in [0, 0.1) is 6.92 Å². The van der Waals surface area contributed by atoms with E-state index in [1.165, 1.54) is 0 Å². The van der Waals surface area contributed by atoms with Crippen molar-refractivity contribution < 1.29 is 19.4 Å². The molecule has 5 heteroatoms. The summed E-state index contributed by atoms with van der Waals surface area (Å²) >= 11 is 0. The second kappa shape index (κ2) is 8.33. The lowest BCUT2D eigenvalue weighted by molar-refractivity contribution is -0.138. The molecule has 0 aromatic heterocycles. The Morgan fingerprint density at radius 2 is 1.76 bits per heavy atom. The molecule has 2 rings (SSSR count). The number of nitrogens with one attached hydrogen (secondary N) is 1. The van der Waals surface area contributed by atoms with Crippen molar-refractivity contribution in [3.8, 4) is 5.75 Å². The van der Waals surface area contributed by atoms with E-state index >= 15 is 0 Å². The highest BCUT2D eigenvalue weighted by Gasteiger charge is 2.19. The van der Waals surface area contributed by atoms with Crippen LogP contribution < -0.4 is 10.1 Å². The monoisotopic (exact) mass is 341 g/mol. The van der Waals surface area contributed by atoms with Crippen LogP contribution in [0.4, 0.5) is 5.69 Å². The van der Waals surface area contributed by atoms with Gasteiger partial charge in [0.15, 0.2) is 6.10 Å². The third-order valence-corrected chi connectivity index (χ3v) is 4.07. The third kappa shape index (κ3) is 4.83. The fourth-order valence-electron chi connectivity index (χ4n) is 2.38. The topological polar surface area (TPSA) is 75.6 Å². The molecular weight excluding hydrogens is 318 g/mol. The zero-order valence-electron chi connectivity index (χ0n) is 14.7. The number of carbonyl (C=O) groups is 2. The molecule has 0 aliphatic rings. The van der Waals surface area contributed by atoms with Gasteiger partial charge in [0.25, 0.3) is 5.91 Å². The van der Waals surface area contributed by atoms with E-state index in [4.69, 9.17) is 9.84 Å². The quantitative estimate of drug-likeness (QED) is 0.799. The number of amides is 1. The Kier molecular flexibility index (Phi) is 6.17. The van der Waals surface area contributed by atoms with Gasteiger partial charge in [-0.3, -0.25) is 9.59 Å². The number of benzene rings is 2. The Labute approximate surface area is 147 Å². The van der Waals surface area contributed by atoms with E-state index in [-0.39, 0.29) is 5.91 Å². The van der Waals surface area contributed by atoms with Crippen LogP contribution in [0.1, 0.15) is 37.3 Å². The van der Waals surface area contributed by atoms with Gasteiger partial charge >= 0.3 is 5.97 Å². The highest BCUT2D eigenvalue weighted by atomic mass is 16.5. The van der Waals surface area contributed by atoms with Crippen LogP contribution in [0.5, 0.6) is 5.75 Å². The van der Waals surface area contributed by atoms with Gasteiger partial charge in [-0.1, -0.05) is 37.3 Å². The van der Waals surface area contributed by atoms with Crippen molar-refractivity contribution in [3.05, 3.63) is 59.7 Å². The maximum absolute atomic E-state index is 12.5. The molecule has 0 radical (unpaired) electrons. The van der Waals surface area contributed by atoms with Gasteiger partial charge in [-0.05, 0) is 49.6 Å². The van der Waals surface area contributed by atoms with E-state index in [1.54, 1.807) is 31.2 Å². The number of ether oxygens (including phenoxy) is 1. The van der Waals surface area contributed by atoms with Crippen LogP contribution in [0.2, 0.25) is 0 Å². The summed E-state index contributed by atoms with van der Waals surface area (Å²) in [6, 6.07) is 14.4. The number of hydrogen-bond acceptors (Lipinski definition) is 3. The predicted molar refractivity (Wildman–Crippen MR) is 97.0 cm³/mol. The number of rotatable bonds is 7. The number of carbonyl (C=O) groups excluding carboxylic acids is 1. The number of anilines is 1. The standard InChI is InChI=1S/C20H23NO4/c1-4-17(25-18-8-6-5-7-13(18)2)19(22)21-16-11-9-15(10-12-16)14(3)20(23)24/h5-12,14,17H,4H2,1-3H3,(H,21,22)(H,23,24). The normalized spacial score (nSPS) is 12.9. The van der Waals surface area contributed by atoms with E-state index in [9.17, 15) is 9.59 Å². The van der Waals surface area contributed by atoms with Crippen molar-refractivity contribution in [3.63, 3.8) is 0 Å². The molecule has 0 bridgehead atoms. The van der Waals surface area contributed by atoms with Gasteiger partial charge in [-0.25, -0.2) is 0 Å². The smallest absolute Gasteiger partial charge is 0.310 e. The number of aryl methyl sites for hydroxylation is 1. The Hall–Kier alpha value is -2.82. The second-order valence-corrected chi connectivity index (χ2v) is 5.95. The molecule has 0 fully saturated rings. The van der Waals surface area contributed by atoms with Crippen molar-refractivity contribution in [2.24, 2.45) is 0 Å². The number of carboxylic acids is 1. The average molecular weight is 341 g/mol. The van der Waals surface area contributed by atoms with Crippen LogP contribution >= 0.6 is 0 Å². The van der Waals surface area contributed by atoms with Crippen molar-refractivity contribution in [1.82, 2.24) is 0 Å². The van der Waals surface area contributed by atoms with Crippen molar-refractivity contribution in [2.75, 3.05) is 5.32 Å². The van der Waals surface area contributed by atoms with Gasteiger partial charge in [0.1, 0.15) is 5.75 Å². The Balaban J connectivity index is 2.04. The fraction of sp³-hybridized carbons (Fsp3) is 0.300. The van der Waals surface area contributed by atoms with Gasteiger partial charge in [0.05, 0.1) is 5.92 Å². The third-order valence-electron chi connectivity index (χ3n) is 4.07. The molecular formula is C20H23NO4. The largest absolute Gasteiger partial charge is 0.481 e. The van der Waals surface area contributed by atoms with Gasteiger partial charge in [0.2, 0.25) is 0 Å². The summed E-state index contributed by atoms with van der Waals surface area (Å²) in [5.41, 5.74) is 2.27. The molecule has 2 aromatic rings. The second-order valence-electron chi connectivity index (χ2n) is 5.95. The zero-order valence-corrected chi connectivity index (χ0v) is 14.7. The first kappa shape index (κ1) is 18.5. The lowest BCUT2D eigenvalue weighted by Crippen LogP contribution is -2.32. The number of carboxylic acid groups (broad SMARTS) is 1.